The minimum atomic E-state index is -1.52. The first-order valence-electron chi connectivity index (χ1n) is 42.6. The van der Waals surface area contributed by atoms with Crippen LogP contribution >= 0.6 is 0 Å². The topological polar surface area (TPSA) is 108 Å². The number of rotatable bonds is 77. The zero-order chi connectivity index (χ0) is 76.0. The van der Waals surface area contributed by atoms with E-state index in [9.17, 15) is 19.5 Å². The molecular formula is C96H158NO8+. The van der Waals surface area contributed by atoms with Crippen molar-refractivity contribution >= 4 is 17.9 Å². The highest BCUT2D eigenvalue weighted by Gasteiger charge is 2.25. The van der Waals surface area contributed by atoms with Crippen molar-refractivity contribution in [1.29, 1.82) is 0 Å². The van der Waals surface area contributed by atoms with Gasteiger partial charge in [0, 0.05) is 12.8 Å². The second-order valence-corrected chi connectivity index (χ2v) is 29.0. The number of allylic oxidation sites excluding steroid dienone is 32. The van der Waals surface area contributed by atoms with Gasteiger partial charge in [-0.1, -0.05) is 375 Å². The Morgan fingerprint density at radius 2 is 0.514 bits per heavy atom. The van der Waals surface area contributed by atoms with Gasteiger partial charge in [-0.3, -0.25) is 9.59 Å². The number of likely N-dealkylation sites (N-methyl/N-ethyl adjacent to an activating group) is 1. The number of hydrogen-bond donors (Lipinski definition) is 1. The zero-order valence-corrected chi connectivity index (χ0v) is 68.1. The number of ether oxygens (including phenoxy) is 4. The van der Waals surface area contributed by atoms with Gasteiger partial charge >= 0.3 is 17.9 Å². The average Bonchev–Trinajstić information content (AvgIpc) is 1.18. The normalized spacial score (nSPS) is 13.6. The minimum absolute atomic E-state index is 0.178. The van der Waals surface area contributed by atoms with Gasteiger partial charge in [0.05, 0.1) is 34.4 Å². The number of nitrogens with zero attached hydrogens (tertiary/aromatic N) is 1. The van der Waals surface area contributed by atoms with Gasteiger partial charge in [0.1, 0.15) is 13.2 Å². The molecule has 0 amide bonds. The predicted octanol–water partition coefficient (Wildman–Crippen LogP) is 28.0. The summed E-state index contributed by atoms with van der Waals surface area (Å²) in [6.07, 6.45) is 126. The number of unbranched alkanes of at least 4 members (excludes halogenated alkanes) is 30. The summed E-state index contributed by atoms with van der Waals surface area (Å²) in [5.41, 5.74) is 0. The van der Waals surface area contributed by atoms with E-state index in [-0.39, 0.29) is 32.2 Å². The van der Waals surface area contributed by atoms with E-state index in [4.69, 9.17) is 18.9 Å². The zero-order valence-electron chi connectivity index (χ0n) is 68.1. The Labute approximate surface area is 646 Å². The molecular weight excluding hydrogens is 1300 g/mol. The van der Waals surface area contributed by atoms with Gasteiger partial charge < -0.3 is 28.5 Å². The van der Waals surface area contributed by atoms with Crippen LogP contribution in [0.15, 0.2) is 194 Å². The molecule has 0 radical (unpaired) electrons. The Morgan fingerprint density at radius 1 is 0.286 bits per heavy atom. The van der Waals surface area contributed by atoms with Crippen molar-refractivity contribution < 1.29 is 42.9 Å². The van der Waals surface area contributed by atoms with Gasteiger partial charge in [-0.25, -0.2) is 4.79 Å². The van der Waals surface area contributed by atoms with Crippen LogP contribution in [0.4, 0.5) is 0 Å². The summed E-state index contributed by atoms with van der Waals surface area (Å²) in [4.78, 5) is 37.8. The number of carboxylic acids is 1. The molecule has 2 atom stereocenters. The van der Waals surface area contributed by atoms with E-state index < -0.39 is 24.3 Å². The number of quaternary nitrogens is 1. The predicted molar refractivity (Wildman–Crippen MR) is 456 cm³/mol. The van der Waals surface area contributed by atoms with Crippen molar-refractivity contribution in [3.05, 3.63) is 194 Å². The van der Waals surface area contributed by atoms with Gasteiger partial charge in [0.25, 0.3) is 6.29 Å². The third-order valence-electron chi connectivity index (χ3n) is 17.8. The Balaban J connectivity index is 4.07. The summed E-state index contributed by atoms with van der Waals surface area (Å²) in [5.74, 6) is -2.02. The molecule has 0 rings (SSSR count). The van der Waals surface area contributed by atoms with Crippen LogP contribution in [0.1, 0.15) is 335 Å². The molecule has 0 aliphatic heterocycles. The molecule has 105 heavy (non-hydrogen) atoms. The Bertz CT molecular complexity index is 2450. The maximum atomic E-state index is 13.0. The molecule has 0 fully saturated rings. The van der Waals surface area contributed by atoms with Crippen LogP contribution in [-0.2, 0) is 33.3 Å². The van der Waals surface area contributed by atoms with Crippen molar-refractivity contribution in [2.75, 3.05) is 47.5 Å². The summed E-state index contributed by atoms with van der Waals surface area (Å²) < 4.78 is 23.0. The SMILES string of the molecule is CC/C=C\C/C=C\C/C=C\C/C=C\C/C=C\C/C=C\C/C=C\C/C=C\C/C=C\C/C=C\C/C=C\CCCCCCCCCC(=O)OC(COC(=O)CCCCCCCCCCCCCCCCCCCCCCCCC/C=C\C/C=C\C/C=C\C/C=C\C/C=C\CC)COC(OCC[N+](C)(C)C)C(=O)O. The van der Waals surface area contributed by atoms with Gasteiger partial charge in [0.15, 0.2) is 6.10 Å². The van der Waals surface area contributed by atoms with E-state index in [1.165, 1.54) is 154 Å². The molecule has 2 unspecified atom stereocenters. The van der Waals surface area contributed by atoms with Crippen molar-refractivity contribution in [2.24, 2.45) is 0 Å². The molecule has 0 aromatic rings. The van der Waals surface area contributed by atoms with Crippen molar-refractivity contribution in [2.45, 2.75) is 347 Å². The summed E-state index contributed by atoms with van der Waals surface area (Å²) in [6.45, 7) is 4.65. The highest BCUT2D eigenvalue weighted by molar-refractivity contribution is 5.71. The standard InChI is InChI=1S/C96H157NO8/c1-6-8-10-12-14-16-18-20-22-24-26-28-30-32-34-36-38-40-42-44-46-47-49-51-53-55-57-59-61-63-65-67-69-71-73-75-77-79-81-83-85-87-94(99)105-92(91-104-96(95(100)101)102-89-88-97(3,4)5)90-103-93(98)86-84-82-80-78-76-74-72-70-68-66-64-62-60-58-56-54-52-50-48-45-43-41-39-37-35-33-31-29-27-25-23-21-19-17-15-13-11-9-7-2/h8-11,14-17,20-23,26-29,32-35,38,40,44,46,49,51,55,57,61,63,67,69,92,96H,6-7,12-13,18-19,24-25,30-31,36-37,39,41-43,45,47-48,50,52-54,56,58-60,62,64-66,68,70-91H2,1-5H3/p+1/b10-8-,11-9-,16-14-,17-15-,22-20-,23-21-,28-26-,29-27-,34-32-,35-33-,40-38-,46-44-,51-49-,57-55-,63-61-,69-67-. The highest BCUT2D eigenvalue weighted by atomic mass is 16.7. The van der Waals surface area contributed by atoms with E-state index in [0.717, 1.165) is 148 Å². The average molecular weight is 1450 g/mol. The molecule has 9 nitrogen and oxygen atoms in total. The third kappa shape index (κ3) is 85.3. The molecule has 0 saturated heterocycles. The number of carbonyl (C=O) groups excluding carboxylic acids is 2. The summed E-state index contributed by atoms with van der Waals surface area (Å²) in [5, 5.41) is 9.79. The van der Waals surface area contributed by atoms with Crippen LogP contribution in [0.25, 0.3) is 0 Å². The molecule has 0 bridgehead atoms. The van der Waals surface area contributed by atoms with Crippen LogP contribution in [0, 0.1) is 0 Å². The fourth-order valence-corrected chi connectivity index (χ4v) is 11.5. The lowest BCUT2D eigenvalue weighted by atomic mass is 10.0. The molecule has 0 saturated carbocycles. The van der Waals surface area contributed by atoms with Crippen LogP contribution < -0.4 is 0 Å². The highest BCUT2D eigenvalue weighted by Crippen LogP contribution is 2.18. The molecule has 9 heteroatoms. The molecule has 0 aromatic heterocycles. The molecule has 0 aliphatic rings. The second kappa shape index (κ2) is 83.8. The van der Waals surface area contributed by atoms with Crippen LogP contribution in [-0.4, -0.2) is 87.4 Å². The lowest BCUT2D eigenvalue weighted by molar-refractivity contribution is -0.870. The van der Waals surface area contributed by atoms with E-state index in [1.807, 2.05) is 21.1 Å². The summed E-state index contributed by atoms with van der Waals surface area (Å²) >= 11 is 0. The van der Waals surface area contributed by atoms with Gasteiger partial charge in [-0.2, -0.15) is 0 Å². The van der Waals surface area contributed by atoms with Crippen molar-refractivity contribution in [3.8, 4) is 0 Å². The Morgan fingerprint density at radius 3 is 0.762 bits per heavy atom. The fraction of sp³-hybridized carbons (Fsp3) is 0.635. The summed E-state index contributed by atoms with van der Waals surface area (Å²) in [7, 11) is 5.98. The van der Waals surface area contributed by atoms with E-state index in [1.54, 1.807) is 0 Å². The maximum absolute atomic E-state index is 13.0. The molecule has 0 spiro atoms. The maximum Gasteiger partial charge on any atom is 0.361 e. The number of aliphatic carboxylic acids is 1. The first-order chi connectivity index (χ1) is 51.6. The monoisotopic (exact) mass is 1450 g/mol. The fourth-order valence-electron chi connectivity index (χ4n) is 11.5. The van der Waals surface area contributed by atoms with E-state index in [2.05, 4.69) is 208 Å². The largest absolute Gasteiger partial charge is 0.477 e. The number of esters is 2. The summed E-state index contributed by atoms with van der Waals surface area (Å²) in [6, 6.07) is 0. The molecule has 1 N–H and O–H groups in total. The molecule has 0 heterocycles. The first kappa shape index (κ1) is 99.1. The van der Waals surface area contributed by atoms with Gasteiger partial charge in [-0.15, -0.1) is 0 Å². The number of hydrogen-bond acceptors (Lipinski definition) is 7. The molecule has 0 aliphatic carbocycles. The molecule has 0 aromatic carbocycles. The third-order valence-corrected chi connectivity index (χ3v) is 17.8. The van der Waals surface area contributed by atoms with Crippen LogP contribution in [0.2, 0.25) is 0 Å². The van der Waals surface area contributed by atoms with Gasteiger partial charge in [0.2, 0.25) is 0 Å². The van der Waals surface area contributed by atoms with E-state index in [0.29, 0.717) is 23.9 Å². The van der Waals surface area contributed by atoms with Crippen molar-refractivity contribution in [1.82, 2.24) is 0 Å². The first-order valence-corrected chi connectivity index (χ1v) is 42.6. The smallest absolute Gasteiger partial charge is 0.361 e. The second-order valence-electron chi connectivity index (χ2n) is 29.0. The van der Waals surface area contributed by atoms with E-state index >= 15 is 0 Å². The minimum Gasteiger partial charge on any atom is -0.477 e. The quantitative estimate of drug-likeness (QED) is 0.0211. The van der Waals surface area contributed by atoms with Crippen LogP contribution in [0.3, 0.4) is 0 Å². The Kier molecular flexibility index (Phi) is 79.1. The lowest BCUT2D eigenvalue weighted by Crippen LogP contribution is -2.40. The lowest BCUT2D eigenvalue weighted by Gasteiger charge is -2.25. The number of carbonyl (C=O) groups is 3. The number of carboxylic acid groups (broad SMARTS) is 1. The van der Waals surface area contributed by atoms with Crippen LogP contribution in [0.5, 0.6) is 0 Å². The Hall–Kier alpha value is -5.87. The molecule has 594 valence electrons. The van der Waals surface area contributed by atoms with Gasteiger partial charge in [-0.05, 0) is 141 Å². The van der Waals surface area contributed by atoms with Crippen molar-refractivity contribution in [3.63, 3.8) is 0 Å².